The molecule has 0 fully saturated rings. The molecule has 0 saturated carbocycles. The molecular weight excluding hydrogens is 815 g/mol. The smallest absolute Gasteiger partial charge is 0.306 e. The minimum absolute atomic E-state index is 0.135. The maximum atomic E-state index is 12.8. The highest BCUT2D eigenvalue weighted by Gasteiger charge is 2.21. The van der Waals surface area contributed by atoms with Crippen molar-refractivity contribution in [2.24, 2.45) is 0 Å². The Bertz CT molecular complexity index is 1380. The van der Waals surface area contributed by atoms with Crippen LogP contribution in [0.25, 0.3) is 0 Å². The molecule has 0 aromatic carbocycles. The van der Waals surface area contributed by atoms with E-state index >= 15 is 0 Å². The van der Waals surface area contributed by atoms with Gasteiger partial charge in [-0.1, -0.05) is 169 Å². The maximum absolute atomic E-state index is 12.8. The normalized spacial score (nSPS) is 13.7. The molecule has 0 bridgehead atoms. The minimum Gasteiger partial charge on any atom is -0.545 e. The molecule has 0 amide bonds. The number of hydrogen-bond donors (Lipinski definition) is 0. The van der Waals surface area contributed by atoms with Crippen LogP contribution >= 0.6 is 0 Å². The number of unbranched alkanes of at least 4 members (excludes halogenated alkanes) is 14. The number of nitrogens with zero attached hydrogens (tertiary/aromatic N) is 1. The van der Waals surface area contributed by atoms with Crippen molar-refractivity contribution in [3.05, 3.63) is 97.2 Å². The van der Waals surface area contributed by atoms with Gasteiger partial charge in [-0.2, -0.15) is 0 Å². The van der Waals surface area contributed by atoms with E-state index in [-0.39, 0.29) is 38.6 Å². The van der Waals surface area contributed by atoms with Crippen molar-refractivity contribution >= 4 is 17.9 Å². The first-order chi connectivity index (χ1) is 31.6. The summed E-state index contributed by atoms with van der Waals surface area (Å²) in [6.45, 7) is 4.54. The van der Waals surface area contributed by atoms with Gasteiger partial charge in [0.25, 0.3) is 0 Å². The molecule has 2 atom stereocenters. The van der Waals surface area contributed by atoms with Gasteiger partial charge in [0.2, 0.25) is 0 Å². The number of ether oxygens (including phenoxy) is 4. The standard InChI is InChI=1S/C56H93NO8/c1-6-8-10-12-14-16-18-20-22-24-25-26-27-28-29-31-33-35-37-39-41-43-45-47-54(59)65-52(51-64-56(55(60)61)62-49-48-57(3,4)5)50-63-53(58)46-44-42-40-38-36-34-32-30-23-21-19-17-15-13-11-9-7-2/h8,10,14-17,20-23,25-26,28-29,33,35,52,56H,6-7,9,11-13,18-19,24,27,30-32,34,36-51H2,1-5H3/b10-8-,16-14-,17-15-,22-20-,23-21-,26-25-,29-28-,35-33-. The van der Waals surface area contributed by atoms with Gasteiger partial charge in [0.1, 0.15) is 13.2 Å². The van der Waals surface area contributed by atoms with Crippen LogP contribution in [0.5, 0.6) is 0 Å². The Morgan fingerprint density at radius 2 is 0.877 bits per heavy atom. The van der Waals surface area contributed by atoms with Crippen molar-refractivity contribution in [1.82, 2.24) is 0 Å². The van der Waals surface area contributed by atoms with E-state index in [2.05, 4.69) is 111 Å². The molecule has 0 aliphatic heterocycles. The third-order valence-electron chi connectivity index (χ3n) is 10.3. The van der Waals surface area contributed by atoms with Crippen LogP contribution in [0.4, 0.5) is 0 Å². The minimum atomic E-state index is -1.64. The monoisotopic (exact) mass is 908 g/mol. The van der Waals surface area contributed by atoms with Crippen LogP contribution in [0.1, 0.15) is 181 Å². The molecule has 2 unspecified atom stereocenters. The number of carbonyl (C=O) groups excluding carboxylic acids is 3. The van der Waals surface area contributed by atoms with Crippen molar-refractivity contribution in [1.29, 1.82) is 0 Å². The van der Waals surface area contributed by atoms with Gasteiger partial charge in [0, 0.05) is 12.8 Å². The molecule has 0 rings (SSSR count). The van der Waals surface area contributed by atoms with E-state index in [4.69, 9.17) is 18.9 Å². The van der Waals surface area contributed by atoms with Crippen LogP contribution in [0.3, 0.4) is 0 Å². The summed E-state index contributed by atoms with van der Waals surface area (Å²) in [6.07, 6.45) is 58.6. The summed E-state index contributed by atoms with van der Waals surface area (Å²) in [4.78, 5) is 37.1. The third kappa shape index (κ3) is 48.0. The lowest BCUT2D eigenvalue weighted by molar-refractivity contribution is -0.870. The number of carboxylic acids is 1. The fraction of sp³-hybridized carbons (Fsp3) is 0.661. The van der Waals surface area contributed by atoms with Crippen LogP contribution in [0.15, 0.2) is 97.2 Å². The maximum Gasteiger partial charge on any atom is 0.306 e. The Balaban J connectivity index is 4.45. The predicted molar refractivity (Wildman–Crippen MR) is 269 cm³/mol. The zero-order chi connectivity index (χ0) is 47.7. The molecule has 9 heteroatoms. The predicted octanol–water partition coefficient (Wildman–Crippen LogP) is 12.9. The van der Waals surface area contributed by atoms with Gasteiger partial charge in [0.05, 0.1) is 40.3 Å². The molecule has 0 aromatic rings. The molecule has 0 aliphatic carbocycles. The molecule has 0 spiro atoms. The van der Waals surface area contributed by atoms with Gasteiger partial charge in [-0.05, 0) is 96.3 Å². The van der Waals surface area contributed by atoms with Crippen molar-refractivity contribution in [3.63, 3.8) is 0 Å². The fourth-order valence-corrected chi connectivity index (χ4v) is 6.39. The van der Waals surface area contributed by atoms with Crippen LogP contribution in [0, 0.1) is 0 Å². The van der Waals surface area contributed by atoms with Crippen LogP contribution < -0.4 is 5.11 Å². The summed E-state index contributed by atoms with van der Waals surface area (Å²) in [6, 6.07) is 0. The van der Waals surface area contributed by atoms with Gasteiger partial charge in [0.15, 0.2) is 12.4 Å². The van der Waals surface area contributed by atoms with E-state index in [1.807, 2.05) is 21.1 Å². The van der Waals surface area contributed by atoms with E-state index in [0.717, 1.165) is 103 Å². The molecule has 0 aliphatic rings. The Hall–Kier alpha value is -3.79. The van der Waals surface area contributed by atoms with E-state index in [1.165, 1.54) is 44.9 Å². The van der Waals surface area contributed by atoms with E-state index in [0.29, 0.717) is 17.4 Å². The highest BCUT2D eigenvalue weighted by atomic mass is 16.7. The van der Waals surface area contributed by atoms with Crippen LogP contribution in [-0.4, -0.2) is 82.3 Å². The zero-order valence-electron chi connectivity index (χ0n) is 41.8. The first-order valence-electron chi connectivity index (χ1n) is 25.4. The number of aliphatic carboxylic acids is 1. The van der Waals surface area contributed by atoms with Crippen molar-refractivity contribution in [3.8, 4) is 0 Å². The number of hydrogen-bond acceptors (Lipinski definition) is 8. The van der Waals surface area contributed by atoms with E-state index < -0.39 is 24.3 Å². The van der Waals surface area contributed by atoms with Gasteiger partial charge in [-0.25, -0.2) is 0 Å². The lowest BCUT2D eigenvalue weighted by Crippen LogP contribution is -2.44. The second kappa shape index (κ2) is 46.7. The highest BCUT2D eigenvalue weighted by molar-refractivity contribution is 5.70. The second-order valence-electron chi connectivity index (χ2n) is 17.7. The average Bonchev–Trinajstić information content (AvgIpc) is 3.27. The molecule has 0 heterocycles. The van der Waals surface area contributed by atoms with Gasteiger partial charge in [-0.15, -0.1) is 0 Å². The average molecular weight is 908 g/mol. The van der Waals surface area contributed by atoms with Gasteiger partial charge < -0.3 is 33.3 Å². The van der Waals surface area contributed by atoms with Crippen molar-refractivity contribution in [2.45, 2.75) is 193 Å². The fourth-order valence-electron chi connectivity index (χ4n) is 6.39. The molecule has 0 N–H and O–H groups in total. The summed E-state index contributed by atoms with van der Waals surface area (Å²) in [5.74, 6) is -2.34. The molecule has 370 valence electrons. The number of rotatable bonds is 45. The Morgan fingerprint density at radius 1 is 0.477 bits per heavy atom. The summed E-state index contributed by atoms with van der Waals surface area (Å²) >= 11 is 0. The quantitative estimate of drug-likeness (QED) is 0.0195. The first kappa shape index (κ1) is 61.2. The topological polar surface area (TPSA) is 111 Å². The molecule has 65 heavy (non-hydrogen) atoms. The Labute approximate surface area is 397 Å². The summed E-state index contributed by atoms with van der Waals surface area (Å²) < 4.78 is 22.6. The summed E-state index contributed by atoms with van der Waals surface area (Å²) in [5, 5.41) is 11.7. The number of carboxylic acid groups (broad SMARTS) is 1. The van der Waals surface area contributed by atoms with E-state index in [9.17, 15) is 19.5 Å². The number of carbonyl (C=O) groups is 3. The molecule has 0 saturated heterocycles. The number of allylic oxidation sites excluding steroid dienone is 16. The molecule has 0 aromatic heterocycles. The largest absolute Gasteiger partial charge is 0.545 e. The van der Waals surface area contributed by atoms with Gasteiger partial charge >= 0.3 is 11.9 Å². The summed E-state index contributed by atoms with van der Waals surface area (Å²) in [5.41, 5.74) is 0. The van der Waals surface area contributed by atoms with Gasteiger partial charge in [-0.3, -0.25) is 9.59 Å². The Morgan fingerprint density at radius 3 is 1.31 bits per heavy atom. The van der Waals surface area contributed by atoms with Crippen LogP contribution in [-0.2, 0) is 33.3 Å². The highest BCUT2D eigenvalue weighted by Crippen LogP contribution is 2.13. The Kier molecular flexibility index (Phi) is 44.0. The first-order valence-corrected chi connectivity index (χ1v) is 25.4. The van der Waals surface area contributed by atoms with Crippen molar-refractivity contribution in [2.75, 3.05) is 47.5 Å². The number of esters is 2. The molecular formula is C56H93NO8. The number of quaternary nitrogens is 1. The molecule has 0 radical (unpaired) electrons. The lowest BCUT2D eigenvalue weighted by atomic mass is 10.1. The third-order valence-corrected chi connectivity index (χ3v) is 10.3. The van der Waals surface area contributed by atoms with Crippen molar-refractivity contribution < 1.29 is 42.9 Å². The van der Waals surface area contributed by atoms with E-state index in [1.54, 1.807) is 0 Å². The lowest BCUT2D eigenvalue weighted by Gasteiger charge is -2.26. The second-order valence-corrected chi connectivity index (χ2v) is 17.7. The number of likely N-dealkylation sites (N-methyl/N-ethyl adjacent to an activating group) is 1. The van der Waals surface area contributed by atoms with Crippen LogP contribution in [0.2, 0.25) is 0 Å². The SMILES string of the molecule is CC/C=C\C/C=C\C/C=C\C/C=C\C/C=C\C/C=C\CCCCCCC(=O)OC(COC(=O)CCCCCCCCC/C=C\C/C=C\CCCCC)COC(OCC[N+](C)(C)C)C(=O)[O-]. The zero-order valence-corrected chi connectivity index (χ0v) is 41.8. The summed E-state index contributed by atoms with van der Waals surface area (Å²) in [7, 11) is 5.89. The molecule has 9 nitrogen and oxygen atoms in total.